The van der Waals surface area contributed by atoms with Gasteiger partial charge in [0.25, 0.3) is 5.56 Å². The highest BCUT2D eigenvalue weighted by atomic mass is 19.4. The monoisotopic (exact) mass is 426 g/mol. The van der Waals surface area contributed by atoms with Crippen molar-refractivity contribution >= 4 is 10.9 Å². The van der Waals surface area contributed by atoms with Crippen LogP contribution in [0.25, 0.3) is 22.4 Å². The van der Waals surface area contributed by atoms with Gasteiger partial charge in [-0.2, -0.15) is 13.2 Å². The number of aromatic hydroxyl groups is 1. The highest BCUT2D eigenvalue weighted by Gasteiger charge is 2.37. The van der Waals surface area contributed by atoms with Crippen LogP contribution in [-0.2, 0) is 12.6 Å². The van der Waals surface area contributed by atoms with Crippen LogP contribution in [0.15, 0.2) is 65.7 Å². The van der Waals surface area contributed by atoms with Gasteiger partial charge in [-0.25, -0.2) is 9.97 Å². The van der Waals surface area contributed by atoms with Crippen molar-refractivity contribution in [2.75, 3.05) is 0 Å². The van der Waals surface area contributed by atoms with E-state index in [0.29, 0.717) is 6.42 Å². The predicted octanol–water partition coefficient (Wildman–Crippen LogP) is 4.38. The summed E-state index contributed by atoms with van der Waals surface area (Å²) >= 11 is 0. The van der Waals surface area contributed by atoms with E-state index >= 15 is 0 Å². The number of benzene rings is 1. The summed E-state index contributed by atoms with van der Waals surface area (Å²) in [6, 6.07) is 12.8. The van der Waals surface area contributed by atoms with E-state index in [1.165, 1.54) is 24.4 Å². The molecule has 0 aliphatic carbocycles. The van der Waals surface area contributed by atoms with E-state index in [2.05, 4.69) is 15.0 Å². The number of rotatable bonds is 4. The number of pyridine rings is 2. The van der Waals surface area contributed by atoms with Gasteiger partial charge in [-0.1, -0.05) is 30.3 Å². The third kappa shape index (κ3) is 3.86. The summed E-state index contributed by atoms with van der Waals surface area (Å²) in [7, 11) is 0. The van der Waals surface area contributed by atoms with Crippen LogP contribution in [-0.4, -0.2) is 24.6 Å². The lowest BCUT2D eigenvalue weighted by Crippen LogP contribution is -2.29. The largest absolute Gasteiger partial charge is 0.506 e. The molecule has 0 saturated heterocycles. The molecule has 3 aromatic heterocycles. The minimum atomic E-state index is -4.82. The topological polar surface area (TPSA) is 80.9 Å². The van der Waals surface area contributed by atoms with E-state index in [1.807, 2.05) is 30.3 Å². The quantitative estimate of drug-likeness (QED) is 0.524. The normalized spacial score (nSPS) is 12.8. The predicted molar refractivity (Wildman–Crippen MR) is 109 cm³/mol. The molecule has 0 spiro atoms. The van der Waals surface area contributed by atoms with Crippen LogP contribution in [0.1, 0.15) is 24.2 Å². The van der Waals surface area contributed by atoms with Crippen LogP contribution >= 0.6 is 0 Å². The lowest BCUT2D eigenvalue weighted by Gasteiger charge is -2.21. The molecule has 158 valence electrons. The second kappa shape index (κ2) is 7.82. The molecular weight excluding hydrogens is 409 g/mol. The van der Waals surface area contributed by atoms with Gasteiger partial charge in [0.1, 0.15) is 11.4 Å². The van der Waals surface area contributed by atoms with Crippen molar-refractivity contribution in [2.24, 2.45) is 0 Å². The maximum absolute atomic E-state index is 13.6. The highest BCUT2D eigenvalue weighted by molar-refractivity contribution is 5.82. The number of hydrogen-bond acceptors (Lipinski definition) is 5. The Morgan fingerprint density at radius 2 is 1.77 bits per heavy atom. The third-order valence-electron chi connectivity index (χ3n) is 4.90. The molecule has 1 N–H and O–H groups in total. The van der Waals surface area contributed by atoms with E-state index in [9.17, 15) is 23.1 Å². The fraction of sp³-hybridized carbons (Fsp3) is 0.182. The first-order chi connectivity index (χ1) is 14.8. The maximum Gasteiger partial charge on any atom is 0.434 e. The summed E-state index contributed by atoms with van der Waals surface area (Å²) in [6.45, 7) is 1.70. The molecule has 31 heavy (non-hydrogen) atoms. The number of aromatic nitrogens is 4. The number of hydrogen-bond donors (Lipinski definition) is 1. The van der Waals surface area contributed by atoms with Crippen LogP contribution in [0.2, 0.25) is 0 Å². The molecule has 1 atom stereocenters. The second-order valence-electron chi connectivity index (χ2n) is 7.07. The van der Waals surface area contributed by atoms with Crippen molar-refractivity contribution < 1.29 is 18.3 Å². The molecule has 6 nitrogen and oxygen atoms in total. The number of fused-ring (bicyclic) bond motifs is 1. The zero-order valence-corrected chi connectivity index (χ0v) is 16.3. The van der Waals surface area contributed by atoms with Crippen molar-refractivity contribution in [3.05, 3.63) is 82.5 Å². The average Bonchev–Trinajstić information content (AvgIpc) is 2.73. The Morgan fingerprint density at radius 1 is 1.03 bits per heavy atom. The van der Waals surface area contributed by atoms with Crippen LogP contribution < -0.4 is 5.56 Å². The van der Waals surface area contributed by atoms with Gasteiger partial charge < -0.3 is 5.11 Å². The first-order valence-electron chi connectivity index (χ1n) is 9.44. The third-order valence-corrected chi connectivity index (χ3v) is 4.90. The van der Waals surface area contributed by atoms with E-state index < -0.39 is 28.9 Å². The Labute approximate surface area is 174 Å². The SMILES string of the molecule is C[C@H](Cc1ccccc1)n1c(-c2ncccc2O)nc2ccnc(C(F)(F)F)c2c1=O. The van der Waals surface area contributed by atoms with Crippen LogP contribution in [0.4, 0.5) is 13.2 Å². The fourth-order valence-electron chi connectivity index (χ4n) is 3.55. The van der Waals surface area contributed by atoms with Crippen molar-refractivity contribution in [3.8, 4) is 17.3 Å². The number of nitrogens with zero attached hydrogens (tertiary/aromatic N) is 4. The molecule has 0 aliphatic heterocycles. The van der Waals surface area contributed by atoms with Gasteiger partial charge in [0.2, 0.25) is 0 Å². The molecule has 0 amide bonds. The fourth-order valence-corrected chi connectivity index (χ4v) is 3.55. The summed E-state index contributed by atoms with van der Waals surface area (Å²) in [4.78, 5) is 25.2. The second-order valence-corrected chi connectivity index (χ2v) is 7.07. The number of alkyl halides is 3. The first-order valence-corrected chi connectivity index (χ1v) is 9.44. The summed E-state index contributed by atoms with van der Waals surface area (Å²) < 4.78 is 41.9. The van der Waals surface area contributed by atoms with Gasteiger partial charge in [0, 0.05) is 18.4 Å². The van der Waals surface area contributed by atoms with E-state index in [1.54, 1.807) is 6.92 Å². The Balaban J connectivity index is 2.03. The van der Waals surface area contributed by atoms with E-state index in [0.717, 1.165) is 16.3 Å². The van der Waals surface area contributed by atoms with Gasteiger partial charge in [-0.15, -0.1) is 0 Å². The van der Waals surface area contributed by atoms with Crippen molar-refractivity contribution in [3.63, 3.8) is 0 Å². The molecule has 4 rings (SSSR count). The zero-order valence-electron chi connectivity index (χ0n) is 16.3. The molecule has 1 aromatic carbocycles. The molecule has 4 aromatic rings. The van der Waals surface area contributed by atoms with E-state index in [4.69, 9.17) is 0 Å². The molecule has 3 heterocycles. The van der Waals surface area contributed by atoms with Gasteiger partial charge in [-0.05, 0) is 37.1 Å². The van der Waals surface area contributed by atoms with Crippen LogP contribution in [0.5, 0.6) is 5.75 Å². The Morgan fingerprint density at radius 3 is 2.45 bits per heavy atom. The van der Waals surface area contributed by atoms with Gasteiger partial charge in [0.05, 0.1) is 10.9 Å². The number of halogens is 3. The Kier molecular flexibility index (Phi) is 5.18. The van der Waals surface area contributed by atoms with Crippen molar-refractivity contribution in [1.29, 1.82) is 0 Å². The maximum atomic E-state index is 13.6. The van der Waals surface area contributed by atoms with Crippen molar-refractivity contribution in [1.82, 2.24) is 19.5 Å². The standard InChI is InChI=1S/C22H17F3N4O2/c1-13(12-14-6-3-2-4-7-14)29-20(18-16(30)8-5-10-26-18)28-15-9-11-27-19(22(23,24)25)17(15)21(29)31/h2-11,13,30H,12H2,1H3/t13-/m1/s1. The molecular formula is C22H17F3N4O2. The Hall–Kier alpha value is -3.75. The van der Waals surface area contributed by atoms with Crippen LogP contribution in [0, 0.1) is 0 Å². The van der Waals surface area contributed by atoms with Crippen LogP contribution in [0.3, 0.4) is 0 Å². The zero-order chi connectivity index (χ0) is 22.2. The molecule has 0 aliphatic rings. The molecule has 0 radical (unpaired) electrons. The summed E-state index contributed by atoms with van der Waals surface area (Å²) in [5.41, 5.74) is -1.46. The molecule has 9 heteroatoms. The Bertz CT molecular complexity index is 1300. The molecule has 0 bridgehead atoms. The van der Waals surface area contributed by atoms with Crippen molar-refractivity contribution in [2.45, 2.75) is 25.6 Å². The first kappa shape index (κ1) is 20.5. The lowest BCUT2D eigenvalue weighted by atomic mass is 10.1. The highest BCUT2D eigenvalue weighted by Crippen LogP contribution is 2.33. The molecule has 0 unspecified atom stereocenters. The summed E-state index contributed by atoms with van der Waals surface area (Å²) in [5.74, 6) is -0.252. The lowest BCUT2D eigenvalue weighted by molar-refractivity contribution is -0.139. The molecule has 0 saturated carbocycles. The van der Waals surface area contributed by atoms with Gasteiger partial charge in [-0.3, -0.25) is 14.3 Å². The molecule has 0 fully saturated rings. The van der Waals surface area contributed by atoms with Gasteiger partial charge >= 0.3 is 6.18 Å². The average molecular weight is 426 g/mol. The smallest absolute Gasteiger partial charge is 0.434 e. The minimum Gasteiger partial charge on any atom is -0.506 e. The van der Waals surface area contributed by atoms with Gasteiger partial charge in [0.15, 0.2) is 11.5 Å². The van der Waals surface area contributed by atoms with E-state index in [-0.39, 0.29) is 22.8 Å². The minimum absolute atomic E-state index is 0.00628. The summed E-state index contributed by atoms with van der Waals surface area (Å²) in [6.07, 6.45) is -2.10. The summed E-state index contributed by atoms with van der Waals surface area (Å²) in [5, 5.41) is 9.68.